The molecule has 0 bridgehead atoms. The number of pyridine rings is 1. The average molecular weight is 580 g/mol. The van der Waals surface area contributed by atoms with Gasteiger partial charge < -0.3 is 10.1 Å². The molecule has 1 aliphatic heterocycles. The number of aliphatic hydroxyl groups is 1. The minimum Gasteiger partial charge on any atom is -0.393 e. The van der Waals surface area contributed by atoms with E-state index in [4.69, 9.17) is 4.98 Å². The predicted octanol–water partition coefficient (Wildman–Crippen LogP) is 6.65. The Kier molecular flexibility index (Phi) is 6.11. The van der Waals surface area contributed by atoms with Gasteiger partial charge in [-0.1, -0.05) is 30.3 Å². The topological polar surface area (TPSA) is 57.1 Å². The second kappa shape index (κ2) is 9.37. The number of halogens is 1. The number of nitrogens with one attached hydrogen (secondary N) is 1. The summed E-state index contributed by atoms with van der Waals surface area (Å²) in [4.78, 5) is 10.6. The van der Waals surface area contributed by atoms with Gasteiger partial charge in [0.05, 0.1) is 6.10 Å². The molecule has 3 aromatic heterocycles. The number of aliphatic hydroxyl groups excluding tert-OH is 1. The van der Waals surface area contributed by atoms with Crippen molar-refractivity contribution in [3.05, 3.63) is 78.8 Å². The zero-order valence-corrected chi connectivity index (χ0v) is 21.6. The Bertz CT molecular complexity index is 1450. The highest BCUT2D eigenvalue weighted by atomic mass is 127. The van der Waals surface area contributed by atoms with Crippen LogP contribution in [0.2, 0.25) is 0 Å². The van der Waals surface area contributed by atoms with Crippen molar-refractivity contribution in [1.29, 1.82) is 0 Å². The monoisotopic (exact) mass is 580 g/mol. The van der Waals surface area contributed by atoms with Gasteiger partial charge in [0.25, 0.3) is 0 Å². The van der Waals surface area contributed by atoms with Crippen molar-refractivity contribution in [2.75, 3.05) is 13.1 Å². The normalized spacial score (nSPS) is 15.5. The third-order valence-corrected chi connectivity index (χ3v) is 8.50. The number of nitrogens with zero attached hydrogens (tertiary/aromatic N) is 3. The largest absolute Gasteiger partial charge is 0.393 e. The van der Waals surface area contributed by atoms with Crippen molar-refractivity contribution < 1.29 is 5.11 Å². The van der Waals surface area contributed by atoms with Gasteiger partial charge in [-0.2, -0.15) is 0 Å². The number of aromatic nitrogens is 3. The van der Waals surface area contributed by atoms with E-state index >= 15 is 0 Å². The first-order valence-electron chi connectivity index (χ1n) is 11.6. The number of rotatable bonds is 5. The lowest BCUT2D eigenvalue weighted by atomic mass is 10.0. The minimum absolute atomic E-state index is 0.128. The lowest BCUT2D eigenvalue weighted by Crippen LogP contribution is -2.35. The molecule has 5 nitrogen and oxygen atoms in total. The first-order valence-corrected chi connectivity index (χ1v) is 14.9. The molecular weight excluding hydrogens is 555 g/mol. The van der Waals surface area contributed by atoms with E-state index in [1.807, 2.05) is 12.4 Å². The van der Waals surface area contributed by atoms with Gasteiger partial charge >= 0.3 is 0 Å². The van der Waals surface area contributed by atoms with Crippen molar-refractivity contribution in [2.45, 2.75) is 25.5 Å². The van der Waals surface area contributed by atoms with E-state index in [2.05, 4.69) is 95.9 Å². The average Bonchev–Trinajstić information content (AvgIpc) is 3.49. The summed E-state index contributed by atoms with van der Waals surface area (Å²) in [6.07, 6.45) is 7.76. The number of likely N-dealkylation sites (tertiary alicyclic amines) is 1. The number of piperidine rings is 1. The maximum absolute atomic E-state index is 9.74. The van der Waals surface area contributed by atoms with E-state index in [-0.39, 0.29) is 6.10 Å². The van der Waals surface area contributed by atoms with Crippen molar-refractivity contribution in [1.82, 2.24) is 18.8 Å². The molecule has 1 aliphatic rings. The first kappa shape index (κ1) is 22.2. The summed E-state index contributed by atoms with van der Waals surface area (Å²) in [6, 6.07) is 19.8. The van der Waals surface area contributed by atoms with Crippen LogP contribution in [-0.4, -0.2) is 43.1 Å². The van der Waals surface area contributed by atoms with Crippen LogP contribution in [-0.2, 0) is 6.54 Å². The van der Waals surface area contributed by atoms with E-state index in [0.29, 0.717) is 0 Å². The van der Waals surface area contributed by atoms with E-state index in [9.17, 15) is 5.11 Å². The Morgan fingerprint density at radius 3 is 2.59 bits per heavy atom. The quantitative estimate of drug-likeness (QED) is 0.229. The van der Waals surface area contributed by atoms with Gasteiger partial charge in [-0.15, -0.1) is 0 Å². The van der Waals surface area contributed by atoms with Crippen LogP contribution < -0.4 is 0 Å². The van der Waals surface area contributed by atoms with Crippen LogP contribution in [0, 0.1) is 0 Å². The Morgan fingerprint density at radius 1 is 1.00 bits per heavy atom. The number of benzene rings is 2. The zero-order chi connectivity index (χ0) is 23.1. The maximum Gasteiger partial charge on any atom is 0.151 e. The van der Waals surface area contributed by atoms with Gasteiger partial charge in [0.2, 0.25) is 0 Å². The summed E-state index contributed by atoms with van der Waals surface area (Å²) in [5, 5.41) is 12.1. The second-order valence-electron chi connectivity index (χ2n) is 9.02. The Hall–Kier alpha value is -2.33. The van der Waals surface area contributed by atoms with Gasteiger partial charge in [0.15, 0.2) is 5.65 Å². The molecule has 0 atom stereocenters. The summed E-state index contributed by atoms with van der Waals surface area (Å²) >= 11 is 2.31. The van der Waals surface area contributed by atoms with Crippen molar-refractivity contribution in [3.8, 4) is 22.3 Å². The lowest BCUT2D eigenvalue weighted by molar-refractivity contribution is 0.0792. The third-order valence-electron chi connectivity index (χ3n) is 6.80. The predicted molar refractivity (Wildman–Crippen MR) is 150 cm³/mol. The van der Waals surface area contributed by atoms with Crippen LogP contribution in [0.4, 0.5) is 0 Å². The molecule has 7 heteroatoms. The SMILES string of the molecule is OC1CCN(Cc2ccc(-c3cnc4c(c3)c(-c3ccc5[nH]ccc5c3)cn4SI)cc2)CC1. The Morgan fingerprint density at radius 2 is 1.79 bits per heavy atom. The zero-order valence-electron chi connectivity index (χ0n) is 18.6. The van der Waals surface area contributed by atoms with Gasteiger partial charge in [0.1, 0.15) is 0 Å². The summed E-state index contributed by atoms with van der Waals surface area (Å²) in [5.74, 6) is 0. The lowest BCUT2D eigenvalue weighted by Gasteiger charge is -2.29. The van der Waals surface area contributed by atoms with Crippen LogP contribution in [0.5, 0.6) is 0 Å². The highest BCUT2D eigenvalue weighted by Crippen LogP contribution is 2.36. The fourth-order valence-corrected chi connectivity index (χ4v) is 6.14. The maximum atomic E-state index is 9.74. The fourth-order valence-electron chi connectivity index (χ4n) is 4.88. The molecule has 0 amide bonds. The van der Waals surface area contributed by atoms with Gasteiger partial charge in [-0.3, -0.25) is 8.87 Å². The third kappa shape index (κ3) is 4.26. The summed E-state index contributed by atoms with van der Waals surface area (Å²) in [6.45, 7) is 2.87. The molecule has 0 spiro atoms. The molecule has 1 fully saturated rings. The van der Waals surface area contributed by atoms with Crippen LogP contribution in [0.1, 0.15) is 18.4 Å². The number of hydrogen-bond acceptors (Lipinski definition) is 4. The van der Waals surface area contributed by atoms with E-state index in [1.54, 1.807) is 9.12 Å². The molecule has 2 aromatic carbocycles. The molecule has 0 aliphatic carbocycles. The van der Waals surface area contributed by atoms with E-state index < -0.39 is 0 Å². The molecule has 1 saturated heterocycles. The first-order chi connectivity index (χ1) is 16.7. The standard InChI is InChI=1S/C27H25IN4OS/c28-34-32-17-25(20-5-6-26-21(13-20)7-10-29-26)24-14-22(15-30-27(24)32)19-3-1-18(2-4-19)16-31-11-8-23(33)9-12-31/h1-7,10,13-15,17,23,29,33H,8-9,11-12,16H2. The number of hydrogen-bond donors (Lipinski definition) is 2. The highest BCUT2D eigenvalue weighted by molar-refractivity contribution is 14.2. The summed E-state index contributed by atoms with van der Waals surface area (Å²) in [5.41, 5.74) is 8.13. The molecule has 0 radical (unpaired) electrons. The molecule has 5 aromatic rings. The van der Waals surface area contributed by atoms with E-state index in [1.165, 1.54) is 27.6 Å². The van der Waals surface area contributed by atoms with Gasteiger partial charge in [-0.05, 0) is 59.2 Å². The fraction of sp³-hybridized carbons (Fsp3) is 0.222. The summed E-state index contributed by atoms with van der Waals surface area (Å²) in [7, 11) is 1.64. The molecule has 0 saturated carbocycles. The van der Waals surface area contributed by atoms with Crippen molar-refractivity contribution in [2.24, 2.45) is 0 Å². The van der Waals surface area contributed by atoms with Crippen LogP contribution in [0.3, 0.4) is 0 Å². The van der Waals surface area contributed by atoms with Crippen LogP contribution in [0.25, 0.3) is 44.2 Å². The van der Waals surface area contributed by atoms with Crippen LogP contribution in [0.15, 0.2) is 73.2 Å². The minimum atomic E-state index is -0.128. The van der Waals surface area contributed by atoms with E-state index in [0.717, 1.165) is 54.6 Å². The molecule has 172 valence electrons. The summed E-state index contributed by atoms with van der Waals surface area (Å²) < 4.78 is 2.13. The Labute approximate surface area is 214 Å². The molecular formula is C27H25IN4OS. The number of fused-ring (bicyclic) bond motifs is 2. The molecule has 2 N–H and O–H groups in total. The Balaban J connectivity index is 1.32. The van der Waals surface area contributed by atoms with Gasteiger partial charge in [-0.25, -0.2) is 4.98 Å². The molecule has 0 unspecified atom stereocenters. The molecule has 6 rings (SSSR count). The smallest absolute Gasteiger partial charge is 0.151 e. The van der Waals surface area contributed by atoms with Crippen LogP contribution >= 0.6 is 30.3 Å². The van der Waals surface area contributed by atoms with Crippen molar-refractivity contribution in [3.63, 3.8) is 0 Å². The van der Waals surface area contributed by atoms with Gasteiger partial charge in [0, 0.05) is 90.6 Å². The number of H-pyrrole nitrogens is 1. The second-order valence-corrected chi connectivity index (χ2v) is 10.7. The molecule has 4 heterocycles. The molecule has 34 heavy (non-hydrogen) atoms. The highest BCUT2D eigenvalue weighted by Gasteiger charge is 2.17. The number of aromatic amines is 1. The van der Waals surface area contributed by atoms with Crippen molar-refractivity contribution >= 4 is 52.3 Å².